The first-order chi connectivity index (χ1) is 19.1. The van der Waals surface area contributed by atoms with Gasteiger partial charge in [-0.1, -0.05) is 20.8 Å². The van der Waals surface area contributed by atoms with Crippen LogP contribution < -0.4 is 5.32 Å². The predicted molar refractivity (Wildman–Crippen MR) is 131 cm³/mol. The monoisotopic (exact) mass is 637 g/mol. The lowest BCUT2D eigenvalue weighted by Gasteiger charge is -2.43. The van der Waals surface area contributed by atoms with E-state index in [0.29, 0.717) is 12.1 Å². The van der Waals surface area contributed by atoms with Gasteiger partial charge in [0.05, 0.1) is 16.9 Å². The lowest BCUT2D eigenvalue weighted by Crippen LogP contribution is -2.60. The van der Waals surface area contributed by atoms with Crippen molar-refractivity contribution >= 4 is 34.1 Å². The number of rotatable bonds is 0. The van der Waals surface area contributed by atoms with Crippen LogP contribution >= 0.6 is 0 Å². The molecule has 0 unspecified atom stereocenters. The first-order valence-electron chi connectivity index (χ1n) is 12.3. The molecule has 0 amide bonds. The fraction of sp³-hybridized carbons (Fsp3) is 0.538. The number of fused-ring (bicyclic) bond motifs is 3. The Morgan fingerprint density at radius 1 is 0.628 bits per heavy atom. The number of ether oxygens (including phenoxy) is 2. The second-order valence-corrected chi connectivity index (χ2v) is 12.1. The zero-order chi connectivity index (χ0) is 33.0. The largest absolute Gasteiger partial charge is 0.450 e. The molecule has 0 saturated heterocycles. The first kappa shape index (κ1) is 32.5. The van der Waals surface area contributed by atoms with Gasteiger partial charge < -0.3 is 14.8 Å². The van der Waals surface area contributed by atoms with E-state index in [1.807, 2.05) is 0 Å². The zero-order valence-electron chi connectivity index (χ0n) is 23.1. The minimum atomic E-state index is -6.22. The summed E-state index contributed by atoms with van der Waals surface area (Å²) < 4.78 is 182. The van der Waals surface area contributed by atoms with Crippen LogP contribution in [-0.4, -0.2) is 42.2 Å². The molecule has 2 aliphatic rings. The van der Waals surface area contributed by atoms with Gasteiger partial charge in [-0.15, -0.1) is 0 Å². The third-order valence-electron chi connectivity index (χ3n) is 6.49. The van der Waals surface area contributed by atoms with Crippen LogP contribution in [0, 0.1) is 5.41 Å². The molecule has 4 rings (SSSR count). The van der Waals surface area contributed by atoms with Crippen LogP contribution in [0.25, 0.3) is 10.8 Å². The Hall–Kier alpha value is -3.40. The van der Waals surface area contributed by atoms with Gasteiger partial charge in [0, 0.05) is 16.5 Å². The molecular formula is C26H23F12N3O2. The molecule has 0 aliphatic carbocycles. The number of hydrogen-bond acceptors (Lipinski definition) is 4. The summed E-state index contributed by atoms with van der Waals surface area (Å²) in [4.78, 5) is 7.58. The molecule has 0 bridgehead atoms. The van der Waals surface area contributed by atoms with Crippen molar-refractivity contribution in [1.29, 1.82) is 0 Å². The molecule has 0 radical (unpaired) electrons. The topological polar surface area (TPSA) is 55.2 Å². The third kappa shape index (κ3) is 5.01. The van der Waals surface area contributed by atoms with Gasteiger partial charge in [0.25, 0.3) is 6.02 Å². The summed E-state index contributed by atoms with van der Waals surface area (Å²) in [6.07, 6.45) is -24.8. The molecule has 0 atom stereocenters. The van der Waals surface area contributed by atoms with Crippen LogP contribution in [0.5, 0.6) is 0 Å². The lowest BCUT2D eigenvalue weighted by molar-refractivity contribution is -0.371. The van der Waals surface area contributed by atoms with E-state index >= 15 is 0 Å². The smallest absolute Gasteiger partial charge is 0.442 e. The van der Waals surface area contributed by atoms with Gasteiger partial charge in [-0.25, -0.2) is 9.98 Å². The normalized spacial score (nSPS) is 20.0. The Labute approximate surface area is 235 Å². The molecule has 2 heterocycles. The van der Waals surface area contributed by atoms with Crippen LogP contribution in [0.1, 0.15) is 52.7 Å². The lowest BCUT2D eigenvalue weighted by atomic mass is 9.83. The maximum Gasteiger partial charge on any atom is 0.442 e. The molecular weight excluding hydrogens is 614 g/mol. The van der Waals surface area contributed by atoms with Crippen LogP contribution in [0.2, 0.25) is 0 Å². The molecule has 2 aliphatic heterocycles. The van der Waals surface area contributed by atoms with Crippen molar-refractivity contribution in [3.8, 4) is 0 Å². The molecule has 0 aromatic heterocycles. The average Bonchev–Trinajstić information content (AvgIpc) is 2.75. The van der Waals surface area contributed by atoms with Gasteiger partial charge >= 0.3 is 35.9 Å². The number of amidine groups is 1. The molecule has 17 heteroatoms. The van der Waals surface area contributed by atoms with Crippen LogP contribution in [0.15, 0.2) is 34.3 Å². The van der Waals surface area contributed by atoms with E-state index in [2.05, 4.69) is 24.8 Å². The van der Waals surface area contributed by atoms with Gasteiger partial charge in [0.1, 0.15) is 0 Å². The number of halogens is 12. The average molecular weight is 637 g/mol. The van der Waals surface area contributed by atoms with Crippen molar-refractivity contribution in [1.82, 2.24) is 0 Å². The number of alkyl halides is 12. The Morgan fingerprint density at radius 2 is 1.07 bits per heavy atom. The van der Waals surface area contributed by atoms with E-state index in [1.54, 1.807) is 0 Å². The highest BCUT2D eigenvalue weighted by Crippen LogP contribution is 2.60. The highest BCUT2D eigenvalue weighted by atomic mass is 19.4. The quantitative estimate of drug-likeness (QED) is 0.293. The predicted octanol–water partition coefficient (Wildman–Crippen LogP) is 9.18. The Bertz CT molecular complexity index is 1490. The van der Waals surface area contributed by atoms with Gasteiger partial charge in [-0.05, 0) is 55.8 Å². The second-order valence-electron chi connectivity index (χ2n) is 12.1. The molecule has 2 aromatic rings. The van der Waals surface area contributed by atoms with E-state index in [1.165, 1.54) is 41.5 Å². The third-order valence-corrected chi connectivity index (χ3v) is 6.49. The molecule has 0 spiro atoms. The summed E-state index contributed by atoms with van der Waals surface area (Å²) in [5.41, 5.74) is -17.9. The van der Waals surface area contributed by atoms with Gasteiger partial charge in [0.15, 0.2) is 5.90 Å². The maximum absolute atomic E-state index is 14.4. The summed E-state index contributed by atoms with van der Waals surface area (Å²) in [6.45, 7) is 7.78. The molecule has 5 nitrogen and oxygen atoms in total. The van der Waals surface area contributed by atoms with Gasteiger partial charge in [-0.2, -0.15) is 52.7 Å². The van der Waals surface area contributed by atoms with E-state index < -0.39 is 86.7 Å². The summed E-state index contributed by atoms with van der Waals surface area (Å²) in [5, 5.41) is 1.05. The summed E-state index contributed by atoms with van der Waals surface area (Å²) in [7, 11) is 0. The van der Waals surface area contributed by atoms with E-state index in [9.17, 15) is 52.7 Å². The molecule has 238 valence electrons. The number of benzene rings is 2. The summed E-state index contributed by atoms with van der Waals surface area (Å²) in [6, 6.07) is 0.592. The first-order valence-corrected chi connectivity index (χ1v) is 12.3. The van der Waals surface area contributed by atoms with Gasteiger partial charge in [-0.3, -0.25) is 0 Å². The number of anilines is 1. The van der Waals surface area contributed by atoms with Crippen molar-refractivity contribution < 1.29 is 62.2 Å². The standard InChI is InChI=1S/C26H23F12N3O2/c1-19(2,3)17-39-15-9-12-10-16-14(8-11(12)7-13(15)21(42-17,23(27,28)29)24(30,31)32)22(25(33,34)35,26(36,37)38)43-18(40-16)41-20(4,5)6/h7-10H,1-6H3,(H,40,41). The van der Waals surface area contributed by atoms with Crippen LogP contribution in [0.3, 0.4) is 0 Å². The minimum Gasteiger partial charge on any atom is -0.450 e. The van der Waals surface area contributed by atoms with Crippen molar-refractivity contribution in [2.45, 2.75) is 83.0 Å². The summed E-state index contributed by atoms with van der Waals surface area (Å²) >= 11 is 0. The van der Waals surface area contributed by atoms with Crippen molar-refractivity contribution in [2.24, 2.45) is 15.4 Å². The number of nitrogens with one attached hydrogen (secondary N) is 1. The number of aliphatic imine (C=N–C) groups is 2. The van der Waals surface area contributed by atoms with Crippen LogP contribution in [-0.2, 0) is 20.7 Å². The van der Waals surface area contributed by atoms with Crippen LogP contribution in [0.4, 0.5) is 64.1 Å². The maximum atomic E-state index is 14.4. The van der Waals surface area contributed by atoms with Crippen molar-refractivity contribution in [3.05, 3.63) is 35.4 Å². The van der Waals surface area contributed by atoms with E-state index in [4.69, 9.17) is 0 Å². The SMILES string of the molecule is CC(C)(C)N=C1Nc2cc3cc4c(cc3cc2C(C(F)(F)F)(C(F)(F)F)O1)C(C(F)(F)F)(C(F)(F)F)OC(C(C)(C)C)=N4. The van der Waals surface area contributed by atoms with Crippen molar-refractivity contribution in [2.75, 3.05) is 5.32 Å². The molecule has 0 saturated carbocycles. The minimum absolute atomic E-state index is 0.172. The fourth-order valence-corrected chi connectivity index (χ4v) is 4.62. The second kappa shape index (κ2) is 9.06. The van der Waals surface area contributed by atoms with E-state index in [0.717, 1.165) is 0 Å². The molecule has 0 fully saturated rings. The fourth-order valence-electron chi connectivity index (χ4n) is 4.62. The Balaban J connectivity index is 2.17. The molecule has 43 heavy (non-hydrogen) atoms. The zero-order valence-corrected chi connectivity index (χ0v) is 23.1. The number of hydrogen-bond donors (Lipinski definition) is 1. The van der Waals surface area contributed by atoms with Crippen molar-refractivity contribution in [3.63, 3.8) is 0 Å². The van der Waals surface area contributed by atoms with Gasteiger partial charge in [0.2, 0.25) is 0 Å². The highest BCUT2D eigenvalue weighted by molar-refractivity contribution is 6.00. The van der Waals surface area contributed by atoms with E-state index in [-0.39, 0.29) is 17.5 Å². The summed E-state index contributed by atoms with van der Waals surface area (Å²) in [5.74, 6) is -0.953. The Kier molecular flexibility index (Phi) is 6.85. The molecule has 2 aromatic carbocycles. The Morgan fingerprint density at radius 3 is 1.51 bits per heavy atom. The number of nitrogens with zero attached hydrogens (tertiary/aromatic N) is 2. The highest BCUT2D eigenvalue weighted by Gasteiger charge is 2.78. The molecule has 1 N–H and O–H groups in total.